The van der Waals surface area contributed by atoms with E-state index in [0.717, 1.165) is 24.2 Å². The second-order valence-corrected chi connectivity index (χ2v) is 5.67. The number of rotatable bonds is 9. The maximum Gasteiger partial charge on any atom is 0.326 e. The van der Waals surface area contributed by atoms with Crippen molar-refractivity contribution in [2.45, 2.75) is 25.3 Å². The Hall–Kier alpha value is -1.69. The monoisotopic (exact) mass is 310 g/mol. The lowest BCUT2D eigenvalue weighted by molar-refractivity contribution is -0.139. The number of hydrogen-bond acceptors (Lipinski definition) is 3. The average molecular weight is 310 g/mol. The Labute approximate surface area is 129 Å². The van der Waals surface area contributed by atoms with Crippen LogP contribution in [0.15, 0.2) is 30.3 Å². The van der Waals surface area contributed by atoms with Crippen LogP contribution in [0, 0.1) is 0 Å². The van der Waals surface area contributed by atoms with Gasteiger partial charge >= 0.3 is 12.0 Å². The van der Waals surface area contributed by atoms with Crippen molar-refractivity contribution >= 4 is 23.8 Å². The Kier molecular flexibility index (Phi) is 8.35. The van der Waals surface area contributed by atoms with Crippen LogP contribution >= 0.6 is 11.8 Å². The first-order chi connectivity index (χ1) is 10.1. The summed E-state index contributed by atoms with van der Waals surface area (Å²) in [4.78, 5) is 22.9. The Balaban J connectivity index is 2.36. The fourth-order valence-corrected chi connectivity index (χ4v) is 2.33. The molecule has 6 heteroatoms. The van der Waals surface area contributed by atoms with Crippen molar-refractivity contribution in [1.29, 1.82) is 0 Å². The van der Waals surface area contributed by atoms with E-state index in [0.29, 0.717) is 6.54 Å². The molecule has 0 aliphatic rings. The van der Waals surface area contributed by atoms with Crippen LogP contribution in [0.3, 0.4) is 0 Å². The zero-order valence-corrected chi connectivity index (χ0v) is 13.0. The molecule has 1 aromatic carbocycles. The third-order valence-corrected chi connectivity index (χ3v) is 3.64. The number of carboxylic acid groups (broad SMARTS) is 1. The molecule has 0 heterocycles. The summed E-state index contributed by atoms with van der Waals surface area (Å²) in [5.74, 6) is 0.0334. The van der Waals surface area contributed by atoms with Crippen LogP contribution in [-0.2, 0) is 11.2 Å². The minimum atomic E-state index is -1.03. The predicted octanol–water partition coefficient (Wildman–Crippen LogP) is 2.12. The highest BCUT2D eigenvalue weighted by Gasteiger charge is 2.19. The molecule has 3 N–H and O–H groups in total. The molecule has 1 aromatic rings. The summed E-state index contributed by atoms with van der Waals surface area (Å²) < 4.78 is 0. The largest absolute Gasteiger partial charge is 0.480 e. The van der Waals surface area contributed by atoms with E-state index in [9.17, 15) is 14.7 Å². The highest BCUT2D eigenvalue weighted by atomic mass is 32.2. The summed E-state index contributed by atoms with van der Waals surface area (Å²) in [5.41, 5.74) is 0.880. The Bertz CT molecular complexity index is 440. The summed E-state index contributed by atoms with van der Waals surface area (Å²) >= 11 is 1.77. The molecule has 5 nitrogen and oxygen atoms in total. The van der Waals surface area contributed by atoms with E-state index in [1.807, 2.05) is 36.6 Å². The van der Waals surface area contributed by atoms with Crippen LogP contribution in [0.25, 0.3) is 0 Å². The molecule has 0 bridgehead atoms. The van der Waals surface area contributed by atoms with Crippen molar-refractivity contribution in [3.8, 4) is 0 Å². The van der Waals surface area contributed by atoms with Crippen LogP contribution < -0.4 is 10.6 Å². The second kappa shape index (κ2) is 10.1. The van der Waals surface area contributed by atoms with E-state index in [1.54, 1.807) is 11.8 Å². The van der Waals surface area contributed by atoms with Crippen LogP contribution in [-0.4, -0.2) is 41.7 Å². The van der Waals surface area contributed by atoms with Crippen molar-refractivity contribution in [3.05, 3.63) is 35.9 Å². The molecule has 0 fully saturated rings. The molecular formula is C15H22N2O3S. The number of carbonyl (C=O) groups excluding carboxylic acids is 1. The van der Waals surface area contributed by atoms with Crippen LogP contribution in [0.1, 0.15) is 18.4 Å². The number of aliphatic carboxylic acids is 1. The minimum Gasteiger partial charge on any atom is -0.480 e. The molecule has 2 amide bonds. The molecule has 116 valence electrons. The molecule has 0 aliphatic heterocycles. The molecule has 21 heavy (non-hydrogen) atoms. The first-order valence-corrected chi connectivity index (χ1v) is 8.33. The van der Waals surface area contributed by atoms with Gasteiger partial charge in [0, 0.05) is 13.0 Å². The van der Waals surface area contributed by atoms with Gasteiger partial charge in [0.25, 0.3) is 0 Å². The number of carbonyl (C=O) groups is 2. The van der Waals surface area contributed by atoms with E-state index < -0.39 is 18.0 Å². The van der Waals surface area contributed by atoms with E-state index in [-0.39, 0.29) is 6.42 Å². The highest BCUT2D eigenvalue weighted by molar-refractivity contribution is 7.98. The van der Waals surface area contributed by atoms with E-state index in [1.165, 1.54) is 0 Å². The number of unbranched alkanes of at least 4 members (excludes halogenated alkanes) is 1. The molecule has 0 saturated carbocycles. The number of hydrogen-bond donors (Lipinski definition) is 3. The third-order valence-electron chi connectivity index (χ3n) is 2.95. The van der Waals surface area contributed by atoms with Gasteiger partial charge in [-0.2, -0.15) is 11.8 Å². The fraction of sp³-hybridized carbons (Fsp3) is 0.467. The lowest BCUT2D eigenvalue weighted by Crippen LogP contribution is -2.47. The maximum absolute atomic E-state index is 11.7. The van der Waals surface area contributed by atoms with Gasteiger partial charge in [0.05, 0.1) is 0 Å². The first-order valence-electron chi connectivity index (χ1n) is 6.93. The molecule has 0 aromatic heterocycles. The summed E-state index contributed by atoms with van der Waals surface area (Å²) in [6.07, 6.45) is 4.25. The van der Waals surface area contributed by atoms with Crippen molar-refractivity contribution < 1.29 is 14.7 Å². The lowest BCUT2D eigenvalue weighted by Gasteiger charge is -2.15. The standard InChI is InChI=1S/C15H22N2O3S/c1-21-10-6-5-9-16-15(20)17-13(14(18)19)11-12-7-3-2-4-8-12/h2-4,7-8,13H,5-6,9-11H2,1H3,(H,18,19)(H2,16,17,20). The van der Waals surface area contributed by atoms with Gasteiger partial charge in [-0.15, -0.1) is 0 Å². The lowest BCUT2D eigenvalue weighted by atomic mass is 10.1. The van der Waals surface area contributed by atoms with E-state index in [4.69, 9.17) is 0 Å². The quantitative estimate of drug-likeness (QED) is 0.611. The Morgan fingerprint density at radius 2 is 1.95 bits per heavy atom. The smallest absolute Gasteiger partial charge is 0.326 e. The zero-order valence-electron chi connectivity index (χ0n) is 12.2. The number of amides is 2. The first kappa shape index (κ1) is 17.4. The van der Waals surface area contributed by atoms with Crippen molar-refractivity contribution in [1.82, 2.24) is 10.6 Å². The van der Waals surface area contributed by atoms with Gasteiger partial charge in [-0.25, -0.2) is 9.59 Å². The Morgan fingerprint density at radius 1 is 1.24 bits per heavy atom. The molecule has 1 unspecified atom stereocenters. The molecule has 0 saturated heterocycles. The van der Waals surface area contributed by atoms with Crippen molar-refractivity contribution in [3.63, 3.8) is 0 Å². The Morgan fingerprint density at radius 3 is 2.57 bits per heavy atom. The van der Waals surface area contributed by atoms with Gasteiger partial charge in [0.15, 0.2) is 0 Å². The molecule has 0 spiro atoms. The predicted molar refractivity (Wildman–Crippen MR) is 85.7 cm³/mol. The summed E-state index contributed by atoms with van der Waals surface area (Å²) in [6.45, 7) is 0.560. The maximum atomic E-state index is 11.7. The number of urea groups is 1. The van der Waals surface area contributed by atoms with Crippen molar-refractivity contribution in [2.24, 2.45) is 0 Å². The van der Waals surface area contributed by atoms with Gasteiger partial charge in [-0.3, -0.25) is 0 Å². The summed E-state index contributed by atoms with van der Waals surface area (Å²) in [6, 6.07) is 7.91. The molecule has 0 radical (unpaired) electrons. The number of nitrogens with one attached hydrogen (secondary N) is 2. The van der Waals surface area contributed by atoms with Crippen LogP contribution in [0.4, 0.5) is 4.79 Å². The van der Waals surface area contributed by atoms with Crippen LogP contribution in [0.5, 0.6) is 0 Å². The van der Waals surface area contributed by atoms with E-state index in [2.05, 4.69) is 10.6 Å². The molecule has 1 atom stereocenters. The topological polar surface area (TPSA) is 78.4 Å². The summed E-state index contributed by atoms with van der Waals surface area (Å²) in [7, 11) is 0. The second-order valence-electron chi connectivity index (χ2n) is 4.68. The van der Waals surface area contributed by atoms with Gasteiger partial charge in [-0.05, 0) is 30.4 Å². The third kappa shape index (κ3) is 7.60. The highest BCUT2D eigenvalue weighted by Crippen LogP contribution is 2.03. The molecular weight excluding hydrogens is 288 g/mol. The zero-order chi connectivity index (χ0) is 15.5. The van der Waals surface area contributed by atoms with E-state index >= 15 is 0 Å². The minimum absolute atomic E-state index is 0.274. The van der Waals surface area contributed by atoms with Gasteiger partial charge in [0.2, 0.25) is 0 Å². The average Bonchev–Trinajstić information content (AvgIpc) is 2.47. The van der Waals surface area contributed by atoms with Gasteiger partial charge in [0.1, 0.15) is 6.04 Å². The molecule has 1 rings (SSSR count). The number of carboxylic acids is 1. The normalized spacial score (nSPS) is 11.7. The SMILES string of the molecule is CSCCCCNC(=O)NC(Cc1ccccc1)C(=O)O. The van der Waals surface area contributed by atoms with Crippen LogP contribution in [0.2, 0.25) is 0 Å². The van der Waals surface area contributed by atoms with Crippen molar-refractivity contribution in [2.75, 3.05) is 18.6 Å². The fourth-order valence-electron chi connectivity index (χ4n) is 1.83. The number of benzene rings is 1. The summed E-state index contributed by atoms with van der Waals surface area (Å²) in [5, 5.41) is 14.4. The number of thioether (sulfide) groups is 1. The van der Waals surface area contributed by atoms with Gasteiger partial charge < -0.3 is 15.7 Å². The van der Waals surface area contributed by atoms with Gasteiger partial charge in [-0.1, -0.05) is 30.3 Å². The molecule has 0 aliphatic carbocycles.